The summed E-state index contributed by atoms with van der Waals surface area (Å²) in [5.74, 6) is 0.0860. The van der Waals surface area contributed by atoms with Gasteiger partial charge in [-0.15, -0.1) is 0 Å². The highest BCUT2D eigenvalue weighted by Gasteiger charge is 2.30. The van der Waals surface area contributed by atoms with E-state index < -0.39 is 20.7 Å². The third-order valence-corrected chi connectivity index (χ3v) is 5.94. The molecule has 1 aromatic heterocycles. The van der Waals surface area contributed by atoms with Gasteiger partial charge in [0.15, 0.2) is 0 Å². The summed E-state index contributed by atoms with van der Waals surface area (Å²) in [6.45, 7) is -0.156. The summed E-state index contributed by atoms with van der Waals surface area (Å²) < 4.78 is 52.6. The normalized spacial score (nSPS) is 11.1. The summed E-state index contributed by atoms with van der Waals surface area (Å²) in [6.07, 6.45) is 2.61. The Morgan fingerprint density at radius 3 is 2.52 bits per heavy atom. The van der Waals surface area contributed by atoms with Crippen LogP contribution in [0, 0.1) is 5.82 Å². The lowest BCUT2D eigenvalue weighted by Crippen LogP contribution is -2.32. The number of aromatic nitrogens is 2. The van der Waals surface area contributed by atoms with Crippen LogP contribution in [0.4, 0.5) is 15.9 Å². The highest BCUT2D eigenvalue weighted by atomic mass is 32.2. The standard InChI is InChI=1S/C19H19FN4O4S/c1-27-15-5-3-13(17(10-15)28-2)11-24(19-7-8-22-12-23-19)29(25,26)18-6-4-14(21)9-16(18)20/h3-10,12H,11,21H2,1-2H3. The molecule has 0 aliphatic heterocycles. The van der Waals surface area contributed by atoms with E-state index in [0.29, 0.717) is 17.1 Å². The Morgan fingerprint density at radius 1 is 1.10 bits per heavy atom. The quantitative estimate of drug-likeness (QED) is 0.588. The van der Waals surface area contributed by atoms with Gasteiger partial charge in [0.05, 0.1) is 20.8 Å². The molecule has 2 N–H and O–H groups in total. The van der Waals surface area contributed by atoms with Crippen LogP contribution in [0.3, 0.4) is 0 Å². The third kappa shape index (κ3) is 4.21. The van der Waals surface area contributed by atoms with Gasteiger partial charge in [0.25, 0.3) is 10.0 Å². The number of methoxy groups -OCH3 is 2. The smallest absolute Gasteiger partial charge is 0.268 e. The molecule has 0 unspecified atom stereocenters. The predicted octanol–water partition coefficient (Wildman–Crippen LogP) is 2.61. The number of ether oxygens (including phenoxy) is 2. The number of nitrogen functional groups attached to an aromatic ring is 1. The molecule has 152 valence electrons. The molecule has 0 aliphatic carbocycles. The molecule has 1 heterocycles. The van der Waals surface area contributed by atoms with E-state index in [2.05, 4.69) is 9.97 Å². The SMILES string of the molecule is COc1ccc(CN(c2ccncn2)S(=O)(=O)c2ccc(N)cc2F)c(OC)c1. The average Bonchev–Trinajstić information content (AvgIpc) is 2.72. The highest BCUT2D eigenvalue weighted by molar-refractivity contribution is 7.92. The lowest BCUT2D eigenvalue weighted by Gasteiger charge is -2.24. The monoisotopic (exact) mass is 418 g/mol. The summed E-state index contributed by atoms with van der Waals surface area (Å²) >= 11 is 0. The number of halogens is 1. The lowest BCUT2D eigenvalue weighted by atomic mass is 10.2. The Bertz CT molecular complexity index is 1110. The Balaban J connectivity index is 2.12. The first-order chi connectivity index (χ1) is 13.9. The maximum atomic E-state index is 14.4. The van der Waals surface area contributed by atoms with Crippen LogP contribution in [0.1, 0.15) is 5.56 Å². The van der Waals surface area contributed by atoms with Crippen LogP contribution < -0.4 is 19.5 Å². The molecule has 2 aromatic carbocycles. The van der Waals surface area contributed by atoms with Gasteiger partial charge in [-0.1, -0.05) is 0 Å². The van der Waals surface area contributed by atoms with Crippen molar-refractivity contribution in [3.8, 4) is 11.5 Å². The first-order valence-corrected chi connectivity index (χ1v) is 9.85. The van der Waals surface area contributed by atoms with Crippen LogP contribution in [0.25, 0.3) is 0 Å². The second-order valence-corrected chi connectivity index (χ2v) is 7.78. The van der Waals surface area contributed by atoms with Gasteiger partial charge in [-0.2, -0.15) is 0 Å². The minimum atomic E-state index is -4.31. The third-order valence-electron chi connectivity index (χ3n) is 4.15. The summed E-state index contributed by atoms with van der Waals surface area (Å²) in [4.78, 5) is 7.32. The molecule has 3 aromatic rings. The van der Waals surface area contributed by atoms with E-state index in [4.69, 9.17) is 15.2 Å². The van der Waals surface area contributed by atoms with Gasteiger partial charge < -0.3 is 15.2 Å². The molecule has 0 spiro atoms. The van der Waals surface area contributed by atoms with Crippen molar-refractivity contribution in [2.24, 2.45) is 0 Å². The molecule has 0 radical (unpaired) electrons. The van der Waals surface area contributed by atoms with E-state index in [1.165, 1.54) is 38.9 Å². The summed E-state index contributed by atoms with van der Waals surface area (Å²) in [5.41, 5.74) is 6.20. The molecule has 0 fully saturated rings. The van der Waals surface area contributed by atoms with Crippen LogP contribution in [-0.2, 0) is 16.6 Å². The molecular weight excluding hydrogens is 399 g/mol. The fourth-order valence-corrected chi connectivity index (χ4v) is 4.15. The number of anilines is 2. The van der Waals surface area contributed by atoms with Crippen LogP contribution in [0.15, 0.2) is 59.9 Å². The first kappa shape index (κ1) is 20.3. The second-order valence-electron chi connectivity index (χ2n) is 5.95. The Kier molecular flexibility index (Phi) is 5.83. The van der Waals surface area contributed by atoms with Crippen LogP contribution >= 0.6 is 0 Å². The van der Waals surface area contributed by atoms with Crippen LogP contribution in [0.2, 0.25) is 0 Å². The van der Waals surface area contributed by atoms with Gasteiger partial charge in [-0.25, -0.2) is 27.1 Å². The van der Waals surface area contributed by atoms with Gasteiger partial charge in [-0.05, 0) is 30.3 Å². The van der Waals surface area contributed by atoms with Crippen LogP contribution in [0.5, 0.6) is 11.5 Å². The van der Waals surface area contributed by atoms with Crippen LogP contribution in [-0.4, -0.2) is 32.6 Å². The molecule has 0 atom stereocenters. The molecule has 3 rings (SSSR count). The molecule has 0 aliphatic rings. The van der Waals surface area contributed by atoms with Crippen molar-refractivity contribution in [3.63, 3.8) is 0 Å². The number of nitrogens with zero attached hydrogens (tertiary/aromatic N) is 3. The zero-order valence-electron chi connectivity index (χ0n) is 15.7. The molecule has 0 bridgehead atoms. The molecular formula is C19H19FN4O4S. The number of nitrogens with two attached hydrogens (primary N) is 1. The summed E-state index contributed by atoms with van der Waals surface area (Å²) in [5, 5.41) is 0. The maximum absolute atomic E-state index is 14.4. The Morgan fingerprint density at radius 2 is 1.90 bits per heavy atom. The zero-order chi connectivity index (χ0) is 21.0. The van der Waals surface area contributed by atoms with Gasteiger partial charge in [0.1, 0.15) is 34.4 Å². The Labute approximate surface area is 167 Å². The number of benzene rings is 2. The molecule has 0 saturated heterocycles. The molecule has 10 heteroatoms. The largest absolute Gasteiger partial charge is 0.497 e. The molecule has 29 heavy (non-hydrogen) atoms. The van der Waals surface area contributed by atoms with Gasteiger partial charge in [0.2, 0.25) is 0 Å². The van der Waals surface area contributed by atoms with Crippen molar-refractivity contribution in [1.29, 1.82) is 0 Å². The topological polar surface area (TPSA) is 108 Å². The van der Waals surface area contributed by atoms with Crippen molar-refractivity contribution < 1.29 is 22.3 Å². The average molecular weight is 418 g/mol. The summed E-state index contributed by atoms with van der Waals surface area (Å²) in [7, 11) is -1.35. The van der Waals surface area contributed by atoms with Gasteiger partial charge >= 0.3 is 0 Å². The van der Waals surface area contributed by atoms with E-state index in [9.17, 15) is 12.8 Å². The van der Waals surface area contributed by atoms with E-state index in [-0.39, 0.29) is 18.1 Å². The van der Waals surface area contributed by atoms with E-state index >= 15 is 0 Å². The van der Waals surface area contributed by atoms with E-state index in [1.54, 1.807) is 18.2 Å². The molecule has 0 amide bonds. The van der Waals surface area contributed by atoms with Crippen molar-refractivity contribution in [2.45, 2.75) is 11.4 Å². The van der Waals surface area contributed by atoms with Crippen molar-refractivity contribution in [1.82, 2.24) is 9.97 Å². The predicted molar refractivity (Wildman–Crippen MR) is 106 cm³/mol. The van der Waals surface area contributed by atoms with Crippen molar-refractivity contribution in [2.75, 3.05) is 24.3 Å². The van der Waals surface area contributed by atoms with Crippen molar-refractivity contribution in [3.05, 3.63) is 66.4 Å². The number of hydrogen-bond donors (Lipinski definition) is 1. The number of sulfonamides is 1. The van der Waals surface area contributed by atoms with Gasteiger partial charge in [-0.3, -0.25) is 0 Å². The van der Waals surface area contributed by atoms with E-state index in [0.717, 1.165) is 16.4 Å². The first-order valence-electron chi connectivity index (χ1n) is 8.41. The summed E-state index contributed by atoms with van der Waals surface area (Å²) in [6, 6.07) is 9.79. The fourth-order valence-electron chi connectivity index (χ4n) is 2.70. The molecule has 0 saturated carbocycles. The zero-order valence-corrected chi connectivity index (χ0v) is 16.6. The van der Waals surface area contributed by atoms with Gasteiger partial charge in [0, 0.05) is 29.6 Å². The molecule has 8 nitrogen and oxygen atoms in total. The number of rotatable bonds is 7. The number of hydrogen-bond acceptors (Lipinski definition) is 7. The van der Waals surface area contributed by atoms with Crippen molar-refractivity contribution >= 4 is 21.5 Å². The minimum Gasteiger partial charge on any atom is -0.497 e. The highest BCUT2D eigenvalue weighted by Crippen LogP contribution is 2.31. The lowest BCUT2D eigenvalue weighted by molar-refractivity contribution is 0.391. The maximum Gasteiger partial charge on any atom is 0.268 e. The second kappa shape index (κ2) is 8.31. The Hall–Kier alpha value is -3.40. The van der Waals surface area contributed by atoms with E-state index in [1.807, 2.05) is 0 Å². The fraction of sp³-hybridized carbons (Fsp3) is 0.158. The minimum absolute atomic E-state index is 0.0779.